The number of fused-ring (bicyclic) bond motifs is 1. The van der Waals surface area contributed by atoms with E-state index < -0.39 is 11.7 Å². The van der Waals surface area contributed by atoms with Crippen molar-refractivity contribution in [3.8, 4) is 11.8 Å². The first-order valence-electron chi connectivity index (χ1n) is 8.19. The number of rotatable bonds is 5. The summed E-state index contributed by atoms with van der Waals surface area (Å²) in [7, 11) is 0. The van der Waals surface area contributed by atoms with E-state index in [1.807, 2.05) is 6.07 Å². The summed E-state index contributed by atoms with van der Waals surface area (Å²) in [5.41, 5.74) is 1.67. The molecule has 1 aromatic heterocycles. The highest BCUT2D eigenvalue weighted by atomic mass is 35.5. The summed E-state index contributed by atoms with van der Waals surface area (Å²) in [5, 5.41) is 22.6. The average Bonchev–Trinajstić information content (AvgIpc) is 2.66. The van der Waals surface area contributed by atoms with Crippen molar-refractivity contribution in [3.05, 3.63) is 70.1 Å². The smallest absolute Gasteiger partial charge is 0.256 e. The van der Waals surface area contributed by atoms with Crippen molar-refractivity contribution in [3.63, 3.8) is 0 Å². The highest BCUT2D eigenvalue weighted by Gasteiger charge is 2.17. The molecule has 1 heterocycles. The van der Waals surface area contributed by atoms with Gasteiger partial charge in [-0.3, -0.25) is 9.78 Å². The molecule has 0 atom stereocenters. The van der Waals surface area contributed by atoms with Crippen LogP contribution in [0.2, 0.25) is 5.02 Å². The summed E-state index contributed by atoms with van der Waals surface area (Å²) in [4.78, 5) is 16.6. The molecule has 27 heavy (non-hydrogen) atoms. The minimum Gasteiger partial charge on any atom is -0.506 e. The van der Waals surface area contributed by atoms with Crippen LogP contribution < -0.4 is 5.32 Å². The monoisotopic (exact) mass is 383 g/mol. The van der Waals surface area contributed by atoms with Crippen LogP contribution in [-0.4, -0.2) is 16.0 Å². The molecule has 1 amide bonds. The number of amides is 1. The first kappa shape index (κ1) is 18.6. The Bertz CT molecular complexity index is 1050. The van der Waals surface area contributed by atoms with Crippen molar-refractivity contribution >= 4 is 28.4 Å². The average molecular weight is 384 g/mol. The van der Waals surface area contributed by atoms with Gasteiger partial charge in [0, 0.05) is 29.6 Å². The maximum atomic E-state index is 13.9. The molecule has 0 aliphatic heterocycles. The van der Waals surface area contributed by atoms with Gasteiger partial charge >= 0.3 is 0 Å². The Morgan fingerprint density at radius 2 is 2.04 bits per heavy atom. The fourth-order valence-corrected chi connectivity index (χ4v) is 2.88. The lowest BCUT2D eigenvalue weighted by Crippen LogP contribution is -2.23. The van der Waals surface area contributed by atoms with Crippen LogP contribution in [0.3, 0.4) is 0 Å². The zero-order chi connectivity index (χ0) is 19.4. The lowest BCUT2D eigenvalue weighted by Gasteiger charge is -2.11. The van der Waals surface area contributed by atoms with Crippen molar-refractivity contribution in [2.45, 2.75) is 19.4 Å². The molecule has 5 nitrogen and oxygen atoms in total. The summed E-state index contributed by atoms with van der Waals surface area (Å²) in [6.07, 6.45) is 1.76. The first-order chi connectivity index (χ1) is 13.0. The molecule has 2 aromatic carbocycles. The highest BCUT2D eigenvalue weighted by Crippen LogP contribution is 2.30. The number of aromatic hydroxyl groups is 1. The second-order valence-electron chi connectivity index (χ2n) is 5.95. The third-order valence-corrected chi connectivity index (χ3v) is 4.36. The van der Waals surface area contributed by atoms with E-state index in [-0.39, 0.29) is 29.7 Å². The van der Waals surface area contributed by atoms with Crippen molar-refractivity contribution in [2.24, 2.45) is 0 Å². The van der Waals surface area contributed by atoms with Gasteiger partial charge in [0.2, 0.25) is 0 Å². The van der Waals surface area contributed by atoms with Crippen LogP contribution in [-0.2, 0) is 13.0 Å². The zero-order valence-corrected chi connectivity index (χ0v) is 14.9. The minimum atomic E-state index is -0.564. The quantitative estimate of drug-likeness (QED) is 0.694. The second kappa shape index (κ2) is 8.02. The molecule has 0 unspecified atom stereocenters. The van der Waals surface area contributed by atoms with Gasteiger partial charge in [-0.15, -0.1) is 0 Å². The molecule has 0 aliphatic carbocycles. The molecule has 0 fully saturated rings. The maximum Gasteiger partial charge on any atom is 0.256 e. The number of aryl methyl sites for hydroxylation is 1. The predicted molar refractivity (Wildman–Crippen MR) is 99.9 cm³/mol. The number of benzene rings is 2. The fraction of sp³-hybridized carbons (Fsp3) is 0.150. The number of halogens is 2. The predicted octanol–water partition coefficient (Wildman–Crippen LogP) is 4.12. The summed E-state index contributed by atoms with van der Waals surface area (Å²) in [5.74, 6) is -1.43. The summed E-state index contributed by atoms with van der Waals surface area (Å²) < 4.78 is 13.9. The van der Waals surface area contributed by atoms with Gasteiger partial charge in [-0.05, 0) is 41.8 Å². The third kappa shape index (κ3) is 4.15. The van der Waals surface area contributed by atoms with E-state index in [0.29, 0.717) is 22.5 Å². The lowest BCUT2D eigenvalue weighted by atomic mass is 10.0. The van der Waals surface area contributed by atoms with Crippen LogP contribution in [0.5, 0.6) is 5.75 Å². The van der Waals surface area contributed by atoms with Gasteiger partial charge in [0.25, 0.3) is 5.91 Å². The maximum absolute atomic E-state index is 13.9. The van der Waals surface area contributed by atoms with E-state index in [0.717, 1.165) is 11.6 Å². The zero-order valence-electron chi connectivity index (χ0n) is 14.2. The molecule has 0 spiro atoms. The molecule has 0 saturated carbocycles. The van der Waals surface area contributed by atoms with Gasteiger partial charge in [0.1, 0.15) is 17.1 Å². The number of hydrogen-bond donors (Lipinski definition) is 2. The summed E-state index contributed by atoms with van der Waals surface area (Å²) >= 11 is 5.83. The number of pyridine rings is 1. The van der Waals surface area contributed by atoms with Gasteiger partial charge < -0.3 is 10.4 Å². The Labute approximate surface area is 160 Å². The number of nitrogens with one attached hydrogen (secondary N) is 1. The van der Waals surface area contributed by atoms with E-state index >= 15 is 0 Å². The molecule has 0 radical (unpaired) electrons. The number of aromatic nitrogens is 1. The van der Waals surface area contributed by atoms with Gasteiger partial charge in [-0.1, -0.05) is 23.7 Å². The molecular formula is C20H15ClFN3O2. The van der Waals surface area contributed by atoms with Gasteiger partial charge in [0.05, 0.1) is 11.6 Å². The Hall–Kier alpha value is -3.17. The van der Waals surface area contributed by atoms with Crippen molar-refractivity contribution in [1.29, 1.82) is 5.26 Å². The Morgan fingerprint density at radius 1 is 1.30 bits per heavy atom. The second-order valence-corrected chi connectivity index (χ2v) is 6.39. The Kier molecular flexibility index (Phi) is 5.53. The fourth-order valence-electron chi connectivity index (χ4n) is 2.75. The number of nitriles is 1. The molecule has 2 N–H and O–H groups in total. The molecule has 7 heteroatoms. The van der Waals surface area contributed by atoms with Crippen LogP contribution in [0, 0.1) is 17.1 Å². The van der Waals surface area contributed by atoms with Gasteiger partial charge in [-0.25, -0.2) is 4.39 Å². The van der Waals surface area contributed by atoms with E-state index in [1.165, 1.54) is 12.3 Å². The number of carbonyl (C=O) groups excluding carboxylic acids is 1. The van der Waals surface area contributed by atoms with Crippen LogP contribution in [0.25, 0.3) is 10.9 Å². The van der Waals surface area contributed by atoms with Crippen LogP contribution in [0.4, 0.5) is 4.39 Å². The van der Waals surface area contributed by atoms with Crippen LogP contribution in [0.15, 0.2) is 42.6 Å². The van der Waals surface area contributed by atoms with E-state index in [4.69, 9.17) is 16.9 Å². The Morgan fingerprint density at radius 3 is 2.74 bits per heavy atom. The van der Waals surface area contributed by atoms with E-state index in [1.54, 1.807) is 24.3 Å². The van der Waals surface area contributed by atoms with Crippen molar-refractivity contribution in [2.75, 3.05) is 0 Å². The molecule has 0 saturated heterocycles. The SMILES string of the molecule is N#CCCc1cc(F)cc2c(O)c(C(=O)NCc3ccc(Cl)cc3)cnc12. The van der Waals surface area contributed by atoms with E-state index in [2.05, 4.69) is 10.3 Å². The highest BCUT2D eigenvalue weighted by molar-refractivity contribution is 6.30. The van der Waals surface area contributed by atoms with E-state index in [9.17, 15) is 14.3 Å². The standard InChI is InChI=1S/C20H15ClFN3O2/c21-14-5-3-12(4-6-14)10-25-20(27)17-11-24-18-13(2-1-7-23)8-15(22)9-16(18)19(17)26/h3-6,8-9,11H,1-2,10H2,(H,24,26)(H,25,27). The number of hydrogen-bond acceptors (Lipinski definition) is 4. The Balaban J connectivity index is 1.88. The number of nitrogens with zero attached hydrogens (tertiary/aromatic N) is 2. The molecule has 0 bridgehead atoms. The topological polar surface area (TPSA) is 86.0 Å². The molecule has 0 aliphatic rings. The van der Waals surface area contributed by atoms with Crippen molar-refractivity contribution in [1.82, 2.24) is 10.3 Å². The molecule has 136 valence electrons. The van der Waals surface area contributed by atoms with Crippen LogP contribution >= 0.6 is 11.6 Å². The minimum absolute atomic E-state index is 0.0479. The summed E-state index contributed by atoms with van der Waals surface area (Å²) in [6.45, 7) is 0.240. The lowest BCUT2D eigenvalue weighted by molar-refractivity contribution is 0.0948. The normalized spacial score (nSPS) is 10.6. The van der Waals surface area contributed by atoms with Crippen LogP contribution in [0.1, 0.15) is 27.9 Å². The van der Waals surface area contributed by atoms with Gasteiger partial charge in [0.15, 0.2) is 0 Å². The van der Waals surface area contributed by atoms with Crippen molar-refractivity contribution < 1.29 is 14.3 Å². The third-order valence-electron chi connectivity index (χ3n) is 4.10. The molecule has 3 aromatic rings. The molecule has 3 rings (SSSR count). The first-order valence-corrected chi connectivity index (χ1v) is 8.57. The van der Waals surface area contributed by atoms with Gasteiger partial charge in [-0.2, -0.15) is 5.26 Å². The molecular weight excluding hydrogens is 369 g/mol. The number of carbonyl (C=O) groups is 1. The summed E-state index contributed by atoms with van der Waals surface area (Å²) in [6, 6.07) is 11.4. The largest absolute Gasteiger partial charge is 0.506 e.